The highest BCUT2D eigenvalue weighted by atomic mass is 16.7. The molecule has 0 aromatic rings. The number of rotatable bonds is 19. The summed E-state index contributed by atoms with van der Waals surface area (Å²) in [6, 6.07) is 0. The van der Waals surface area contributed by atoms with Gasteiger partial charge in [-0.05, 0) is 92.3 Å². The molecule has 3 heteroatoms. The molecular formula is C27H56O3. The molecule has 3 nitrogen and oxygen atoms in total. The van der Waals surface area contributed by atoms with Crippen molar-refractivity contribution in [1.29, 1.82) is 0 Å². The Morgan fingerprint density at radius 3 is 1.10 bits per heavy atom. The van der Waals surface area contributed by atoms with E-state index >= 15 is 0 Å². The Labute approximate surface area is 189 Å². The van der Waals surface area contributed by atoms with E-state index in [2.05, 4.69) is 55.4 Å². The van der Waals surface area contributed by atoms with E-state index in [0.717, 1.165) is 48.5 Å². The third-order valence-electron chi connectivity index (χ3n) is 6.55. The number of hydrogen-bond acceptors (Lipinski definition) is 3. The molecule has 0 saturated heterocycles. The second-order valence-corrected chi connectivity index (χ2v) is 11.5. The van der Waals surface area contributed by atoms with Crippen molar-refractivity contribution in [2.45, 2.75) is 100 Å². The Morgan fingerprint density at radius 1 is 0.500 bits per heavy atom. The summed E-state index contributed by atoms with van der Waals surface area (Å²) < 4.78 is 10.5. The second kappa shape index (κ2) is 17.4. The van der Waals surface area contributed by atoms with Crippen LogP contribution in [0.15, 0.2) is 0 Å². The molecule has 0 unspecified atom stereocenters. The van der Waals surface area contributed by atoms with E-state index in [1.165, 1.54) is 38.5 Å². The van der Waals surface area contributed by atoms with Gasteiger partial charge < -0.3 is 14.6 Å². The molecule has 0 heterocycles. The highest BCUT2D eigenvalue weighted by molar-refractivity contribution is 4.70. The third kappa shape index (κ3) is 16.6. The predicted molar refractivity (Wildman–Crippen MR) is 131 cm³/mol. The van der Waals surface area contributed by atoms with Crippen molar-refractivity contribution < 1.29 is 14.6 Å². The highest BCUT2D eigenvalue weighted by Gasteiger charge is 2.19. The van der Waals surface area contributed by atoms with Crippen LogP contribution in [-0.2, 0) is 9.47 Å². The highest BCUT2D eigenvalue weighted by Crippen LogP contribution is 2.30. The lowest BCUT2D eigenvalue weighted by atomic mass is 9.80. The van der Waals surface area contributed by atoms with Gasteiger partial charge in [-0.1, -0.05) is 55.4 Å². The van der Waals surface area contributed by atoms with Crippen molar-refractivity contribution in [2.24, 2.45) is 47.3 Å². The summed E-state index contributed by atoms with van der Waals surface area (Å²) in [6.07, 6.45) is 9.05. The van der Waals surface area contributed by atoms with E-state index in [9.17, 15) is 5.11 Å². The molecule has 0 aliphatic rings. The van der Waals surface area contributed by atoms with Crippen LogP contribution in [-0.4, -0.2) is 32.2 Å². The molecule has 0 aromatic heterocycles. The lowest BCUT2D eigenvalue weighted by Gasteiger charge is -2.26. The van der Waals surface area contributed by atoms with Crippen molar-refractivity contribution in [1.82, 2.24) is 0 Å². The van der Waals surface area contributed by atoms with E-state index in [-0.39, 0.29) is 0 Å². The largest absolute Gasteiger partial charge is 0.396 e. The lowest BCUT2D eigenvalue weighted by molar-refractivity contribution is -0.0437. The maximum Gasteiger partial charge on any atom is 0.146 e. The van der Waals surface area contributed by atoms with Gasteiger partial charge in [0.25, 0.3) is 0 Å². The average Bonchev–Trinajstić information content (AvgIpc) is 2.60. The summed E-state index contributed by atoms with van der Waals surface area (Å²) in [5.41, 5.74) is 0. The summed E-state index contributed by atoms with van der Waals surface area (Å²) in [7, 11) is 1.68. The summed E-state index contributed by atoms with van der Waals surface area (Å²) in [4.78, 5) is 0. The van der Waals surface area contributed by atoms with Crippen LogP contribution >= 0.6 is 0 Å². The van der Waals surface area contributed by atoms with Crippen LogP contribution in [0.1, 0.15) is 100 Å². The first kappa shape index (κ1) is 29.9. The summed E-state index contributed by atoms with van der Waals surface area (Å²) in [5, 5.41) is 9.27. The van der Waals surface area contributed by atoms with Crippen molar-refractivity contribution in [3.05, 3.63) is 0 Å². The quantitative estimate of drug-likeness (QED) is 0.172. The fraction of sp³-hybridized carbons (Fsp3) is 1.00. The zero-order valence-corrected chi connectivity index (χ0v) is 22.0. The molecule has 0 rings (SSSR count). The van der Waals surface area contributed by atoms with E-state index in [1.807, 2.05) is 0 Å². The first-order chi connectivity index (χ1) is 14.1. The number of aliphatic hydroxyl groups is 1. The molecule has 0 amide bonds. The zero-order chi connectivity index (χ0) is 23.1. The minimum atomic E-state index is 0.323. The summed E-state index contributed by atoms with van der Waals surface area (Å²) >= 11 is 0. The zero-order valence-electron chi connectivity index (χ0n) is 22.0. The van der Waals surface area contributed by atoms with Crippen molar-refractivity contribution in [2.75, 3.05) is 27.1 Å². The first-order valence-corrected chi connectivity index (χ1v) is 12.7. The molecule has 0 aromatic carbocycles. The van der Waals surface area contributed by atoms with Crippen LogP contribution in [0.3, 0.4) is 0 Å². The maximum atomic E-state index is 9.27. The normalized spacial score (nSPS) is 20.2. The lowest BCUT2D eigenvalue weighted by Crippen LogP contribution is -2.15. The molecule has 0 fully saturated rings. The molecule has 0 aliphatic carbocycles. The van der Waals surface area contributed by atoms with Gasteiger partial charge in [0, 0.05) is 13.7 Å². The van der Waals surface area contributed by atoms with Gasteiger partial charge in [-0.3, -0.25) is 0 Å². The van der Waals surface area contributed by atoms with Gasteiger partial charge in [0.15, 0.2) is 0 Å². The monoisotopic (exact) mass is 428 g/mol. The Hall–Kier alpha value is -0.120. The van der Waals surface area contributed by atoms with Crippen LogP contribution in [0, 0.1) is 47.3 Å². The fourth-order valence-electron chi connectivity index (χ4n) is 5.86. The fourth-order valence-corrected chi connectivity index (χ4v) is 5.86. The average molecular weight is 429 g/mol. The summed E-state index contributed by atoms with van der Waals surface area (Å²) in [6.45, 7) is 20.5. The smallest absolute Gasteiger partial charge is 0.146 e. The topological polar surface area (TPSA) is 38.7 Å². The van der Waals surface area contributed by atoms with Gasteiger partial charge >= 0.3 is 0 Å². The molecule has 1 N–H and O–H groups in total. The van der Waals surface area contributed by atoms with Crippen LogP contribution in [0.5, 0.6) is 0 Å². The van der Waals surface area contributed by atoms with Gasteiger partial charge in [-0.15, -0.1) is 0 Å². The van der Waals surface area contributed by atoms with Gasteiger partial charge in [0.1, 0.15) is 6.79 Å². The third-order valence-corrected chi connectivity index (χ3v) is 6.55. The molecule has 0 bridgehead atoms. The van der Waals surface area contributed by atoms with Crippen LogP contribution in [0.4, 0.5) is 0 Å². The van der Waals surface area contributed by atoms with E-state index < -0.39 is 0 Å². The predicted octanol–water partition coefficient (Wildman–Crippen LogP) is 7.42. The Balaban J connectivity index is 4.09. The Bertz CT molecular complexity index is 386. The van der Waals surface area contributed by atoms with Crippen LogP contribution in [0.2, 0.25) is 0 Å². The molecule has 0 saturated carbocycles. The van der Waals surface area contributed by atoms with E-state index in [0.29, 0.717) is 25.2 Å². The van der Waals surface area contributed by atoms with Gasteiger partial charge in [-0.25, -0.2) is 0 Å². The molecule has 30 heavy (non-hydrogen) atoms. The van der Waals surface area contributed by atoms with Crippen molar-refractivity contribution in [3.63, 3.8) is 0 Å². The van der Waals surface area contributed by atoms with E-state index in [4.69, 9.17) is 9.47 Å². The second-order valence-electron chi connectivity index (χ2n) is 11.5. The van der Waals surface area contributed by atoms with Crippen molar-refractivity contribution in [3.8, 4) is 0 Å². The minimum Gasteiger partial charge on any atom is -0.396 e. The van der Waals surface area contributed by atoms with Gasteiger partial charge in [0.05, 0.1) is 6.61 Å². The number of hydrogen-bond donors (Lipinski definition) is 1. The van der Waals surface area contributed by atoms with Gasteiger partial charge in [-0.2, -0.15) is 0 Å². The van der Waals surface area contributed by atoms with Crippen molar-refractivity contribution >= 4 is 0 Å². The molecule has 0 radical (unpaired) electrons. The molecule has 182 valence electrons. The van der Waals surface area contributed by atoms with Crippen LogP contribution < -0.4 is 0 Å². The molecular weight excluding hydrogens is 372 g/mol. The molecule has 8 atom stereocenters. The summed E-state index contributed by atoms with van der Waals surface area (Å²) in [5.74, 6) is 5.71. The SMILES string of the molecule is COCOC[C@@H](C)C[C@@H](C)C[C@@H](C)C[C@@H](C)C[C@@H](C)C[C@@H](C)C[C@@H](C)C[C@@H](C)CO. The number of ether oxygens (including phenoxy) is 2. The Kier molecular flexibility index (Phi) is 17.4. The molecule has 0 spiro atoms. The number of aliphatic hydroxyl groups excluding tert-OH is 1. The molecule has 0 aliphatic heterocycles. The standard InChI is InChI=1S/C27H56O3/c1-20(11-22(3)13-24(5)15-26(7)17-28)10-21(2)12-23(4)14-25(6)16-27(8)18-30-19-29-9/h20-28H,10-19H2,1-9H3/t20-,21+,22-,23+,24-,25+,26-,27+/m1/s1. The van der Waals surface area contributed by atoms with E-state index in [1.54, 1.807) is 7.11 Å². The maximum absolute atomic E-state index is 9.27. The van der Waals surface area contributed by atoms with Crippen LogP contribution in [0.25, 0.3) is 0 Å². The number of methoxy groups -OCH3 is 1. The van der Waals surface area contributed by atoms with Gasteiger partial charge in [0.2, 0.25) is 0 Å². The Morgan fingerprint density at radius 2 is 0.800 bits per heavy atom. The minimum absolute atomic E-state index is 0.323. The first-order valence-electron chi connectivity index (χ1n) is 12.7.